The van der Waals surface area contributed by atoms with Gasteiger partial charge in [-0.3, -0.25) is 19.3 Å². The number of fused-ring (bicyclic) bond motifs is 4. The Hall–Kier alpha value is -4.34. The van der Waals surface area contributed by atoms with Crippen molar-refractivity contribution in [1.29, 1.82) is 0 Å². The van der Waals surface area contributed by atoms with E-state index in [1.54, 1.807) is 54.6 Å². The molecule has 0 saturated carbocycles. The van der Waals surface area contributed by atoms with Gasteiger partial charge in [-0.15, -0.1) is 0 Å². The van der Waals surface area contributed by atoms with Crippen molar-refractivity contribution in [2.24, 2.45) is 5.73 Å². The van der Waals surface area contributed by atoms with E-state index in [2.05, 4.69) is 5.32 Å². The molecule has 0 aliphatic carbocycles. The van der Waals surface area contributed by atoms with E-state index < -0.39 is 23.3 Å². The first-order valence-electron chi connectivity index (χ1n) is 12.8. The molecule has 1 spiro atoms. The molecule has 9 nitrogen and oxygen atoms in total. The van der Waals surface area contributed by atoms with Crippen molar-refractivity contribution in [1.82, 2.24) is 9.55 Å². The zero-order valence-corrected chi connectivity index (χ0v) is 24.1. The number of aromatic nitrogens is 2. The summed E-state index contributed by atoms with van der Waals surface area (Å²) < 4.78 is 7.46. The molecule has 1 unspecified atom stereocenters. The summed E-state index contributed by atoms with van der Waals surface area (Å²) in [6.07, 6.45) is 0. The highest BCUT2D eigenvalue weighted by Crippen LogP contribution is 2.55. The number of anilines is 2. The van der Waals surface area contributed by atoms with Crippen LogP contribution in [0.4, 0.5) is 11.4 Å². The van der Waals surface area contributed by atoms with Crippen LogP contribution in [0.15, 0.2) is 54.6 Å². The highest BCUT2D eigenvalue weighted by Gasteiger charge is 2.64. The Kier molecular flexibility index (Phi) is 6.13. The number of benzene rings is 3. The molecule has 208 valence electrons. The fraction of sp³-hybridized carbons (Fsp3) is 0.200. The van der Waals surface area contributed by atoms with E-state index in [0.717, 1.165) is 5.56 Å². The van der Waals surface area contributed by atoms with Crippen LogP contribution in [-0.4, -0.2) is 34.4 Å². The lowest BCUT2D eigenvalue weighted by Gasteiger charge is -2.36. The van der Waals surface area contributed by atoms with Crippen LogP contribution < -0.4 is 20.7 Å². The number of ether oxygens (including phenoxy) is 1. The van der Waals surface area contributed by atoms with Crippen molar-refractivity contribution >= 4 is 52.3 Å². The topological polar surface area (TPSA) is 120 Å². The van der Waals surface area contributed by atoms with Gasteiger partial charge >= 0.3 is 0 Å². The van der Waals surface area contributed by atoms with E-state index in [-0.39, 0.29) is 17.3 Å². The number of carbonyl (C=O) groups is 3. The molecule has 2 aliphatic rings. The molecule has 1 aromatic heterocycles. The van der Waals surface area contributed by atoms with Gasteiger partial charge in [0.15, 0.2) is 11.2 Å². The first kappa shape index (κ1) is 26.9. The number of hydrogen-bond donors (Lipinski definition) is 2. The van der Waals surface area contributed by atoms with Gasteiger partial charge in [0.05, 0.1) is 24.1 Å². The minimum absolute atomic E-state index is 0.0950. The Morgan fingerprint density at radius 2 is 1.76 bits per heavy atom. The first-order valence-corrected chi connectivity index (χ1v) is 13.6. The number of primary amides is 1. The van der Waals surface area contributed by atoms with Crippen molar-refractivity contribution < 1.29 is 19.1 Å². The van der Waals surface area contributed by atoms with Gasteiger partial charge in [-0.2, -0.15) is 0 Å². The predicted molar refractivity (Wildman–Crippen MR) is 157 cm³/mol. The highest BCUT2D eigenvalue weighted by atomic mass is 35.5. The molecule has 41 heavy (non-hydrogen) atoms. The van der Waals surface area contributed by atoms with Crippen LogP contribution in [0.2, 0.25) is 10.0 Å². The third kappa shape index (κ3) is 3.69. The summed E-state index contributed by atoms with van der Waals surface area (Å²) in [5.41, 5.74) is 7.39. The third-order valence-electron chi connectivity index (χ3n) is 7.60. The van der Waals surface area contributed by atoms with Crippen LogP contribution in [0.25, 0.3) is 11.4 Å². The fourth-order valence-electron chi connectivity index (χ4n) is 5.86. The number of amides is 3. The SMILES string of the molecule is COc1ccc(C(N)=O)cc1-c1nc2c(n1C(C)C)C1(C(=O)Nc3cc(Cl)ccc31)N(c1cc(Cl)ccc1C)C2=O. The Morgan fingerprint density at radius 1 is 1.05 bits per heavy atom. The average Bonchev–Trinajstić information content (AvgIpc) is 3.53. The number of hydrogen-bond acceptors (Lipinski definition) is 5. The van der Waals surface area contributed by atoms with Gasteiger partial charge in [-0.1, -0.05) is 35.3 Å². The quantitative estimate of drug-likeness (QED) is 0.309. The molecule has 11 heteroatoms. The number of nitrogens with one attached hydrogen (secondary N) is 1. The second kappa shape index (κ2) is 9.36. The fourth-order valence-corrected chi connectivity index (χ4v) is 6.20. The van der Waals surface area contributed by atoms with E-state index in [1.807, 2.05) is 25.3 Å². The summed E-state index contributed by atoms with van der Waals surface area (Å²) in [4.78, 5) is 47.2. The lowest BCUT2D eigenvalue weighted by Crippen LogP contribution is -2.51. The molecule has 0 fully saturated rings. The molecule has 0 bridgehead atoms. The molecule has 6 rings (SSSR count). The molecular weight excluding hydrogens is 565 g/mol. The number of aryl methyl sites for hydroxylation is 1. The molecule has 3 aromatic carbocycles. The summed E-state index contributed by atoms with van der Waals surface area (Å²) >= 11 is 12.7. The van der Waals surface area contributed by atoms with Crippen LogP contribution in [-0.2, 0) is 10.3 Å². The third-order valence-corrected chi connectivity index (χ3v) is 8.07. The van der Waals surface area contributed by atoms with Gasteiger partial charge < -0.3 is 20.4 Å². The predicted octanol–water partition coefficient (Wildman–Crippen LogP) is 5.71. The van der Waals surface area contributed by atoms with Crippen molar-refractivity contribution in [3.05, 3.63) is 92.7 Å². The van der Waals surface area contributed by atoms with Gasteiger partial charge in [0.25, 0.3) is 11.8 Å². The number of nitrogens with two attached hydrogens (primary N) is 1. The number of carbonyl (C=O) groups excluding carboxylic acids is 3. The minimum atomic E-state index is -1.63. The molecule has 0 radical (unpaired) electrons. The molecule has 4 aromatic rings. The average molecular weight is 590 g/mol. The number of rotatable bonds is 5. The molecule has 3 heterocycles. The van der Waals surface area contributed by atoms with Crippen LogP contribution in [0, 0.1) is 6.92 Å². The number of halogens is 2. The van der Waals surface area contributed by atoms with Gasteiger partial charge in [0, 0.05) is 32.9 Å². The van der Waals surface area contributed by atoms with E-state index in [4.69, 9.17) is 38.7 Å². The van der Waals surface area contributed by atoms with Crippen LogP contribution >= 0.6 is 23.2 Å². The molecule has 2 aliphatic heterocycles. The van der Waals surface area contributed by atoms with Crippen LogP contribution in [0.3, 0.4) is 0 Å². The molecule has 1 atom stereocenters. The number of methoxy groups -OCH3 is 1. The summed E-state index contributed by atoms with van der Waals surface area (Å²) in [6.45, 7) is 5.70. The lowest BCUT2D eigenvalue weighted by molar-refractivity contribution is -0.119. The number of nitrogens with zero attached hydrogens (tertiary/aromatic N) is 3. The van der Waals surface area contributed by atoms with Gasteiger partial charge in [-0.25, -0.2) is 4.98 Å². The first-order chi connectivity index (χ1) is 19.5. The van der Waals surface area contributed by atoms with Crippen LogP contribution in [0.1, 0.15) is 57.6 Å². The normalized spacial score (nSPS) is 17.3. The minimum Gasteiger partial charge on any atom is -0.496 e. The van der Waals surface area contributed by atoms with E-state index >= 15 is 0 Å². The van der Waals surface area contributed by atoms with Gasteiger partial charge in [0.1, 0.15) is 11.6 Å². The Bertz CT molecular complexity index is 1810. The smallest absolute Gasteiger partial charge is 0.280 e. The van der Waals surface area contributed by atoms with Crippen molar-refractivity contribution in [3.63, 3.8) is 0 Å². The maximum atomic E-state index is 14.5. The molecular formula is C30H25Cl2N5O4. The van der Waals surface area contributed by atoms with E-state index in [9.17, 15) is 14.4 Å². The lowest BCUT2D eigenvalue weighted by atomic mass is 9.86. The molecule has 0 saturated heterocycles. The highest BCUT2D eigenvalue weighted by molar-refractivity contribution is 6.32. The van der Waals surface area contributed by atoms with Crippen molar-refractivity contribution in [2.75, 3.05) is 17.3 Å². The standard InChI is InChI=1S/C30H25Cl2N5O4/c1-14(2)36-25-24(35-27(36)19-11-16(26(33)38)6-10-23(19)41-4)28(39)37(22-13-18(32)7-5-15(22)3)30(25)20-9-8-17(31)12-21(20)34-29(30)40/h5-14H,1-4H3,(H2,33,38)(H,34,40). The second-order valence-corrected chi connectivity index (χ2v) is 11.2. The zero-order chi connectivity index (χ0) is 29.4. The largest absolute Gasteiger partial charge is 0.496 e. The summed E-state index contributed by atoms with van der Waals surface area (Å²) in [7, 11) is 1.50. The Morgan fingerprint density at radius 3 is 2.44 bits per heavy atom. The maximum absolute atomic E-state index is 14.5. The monoisotopic (exact) mass is 589 g/mol. The Balaban J connectivity index is 1.74. The number of imidazole rings is 1. The van der Waals surface area contributed by atoms with Gasteiger partial charge in [-0.05, 0) is 68.8 Å². The maximum Gasteiger partial charge on any atom is 0.280 e. The Labute approximate surface area is 245 Å². The van der Waals surface area contributed by atoms with E-state index in [1.165, 1.54) is 12.0 Å². The summed E-state index contributed by atoms with van der Waals surface area (Å²) in [6, 6.07) is 14.8. The van der Waals surface area contributed by atoms with Crippen molar-refractivity contribution in [3.8, 4) is 17.1 Å². The van der Waals surface area contributed by atoms with E-state index in [0.29, 0.717) is 49.8 Å². The van der Waals surface area contributed by atoms with Crippen LogP contribution in [0.5, 0.6) is 5.75 Å². The zero-order valence-electron chi connectivity index (χ0n) is 22.6. The summed E-state index contributed by atoms with van der Waals surface area (Å²) in [5.74, 6) is -0.760. The van der Waals surface area contributed by atoms with Crippen molar-refractivity contribution in [2.45, 2.75) is 32.4 Å². The molecule has 3 amide bonds. The second-order valence-electron chi connectivity index (χ2n) is 10.3. The van der Waals surface area contributed by atoms with Gasteiger partial charge in [0.2, 0.25) is 5.91 Å². The summed E-state index contributed by atoms with van der Waals surface area (Å²) in [5, 5.41) is 3.79. The molecule has 3 N–H and O–H groups in total.